The van der Waals surface area contributed by atoms with Crippen LogP contribution in [0.1, 0.15) is 26.3 Å². The predicted octanol–water partition coefficient (Wildman–Crippen LogP) is 7.14. The maximum absolute atomic E-state index is 4.48. The fourth-order valence-electron chi connectivity index (χ4n) is 4.01. The standard InChI is InChI=1S/C27H24N2/c1-27(2,3)21-16-20(17-28-18-21)19-12-14-22(15-13-19)29-25-10-6-4-8-23(25)24-9-5-7-11-26(24)29/h4-18H,1-3H3. The topological polar surface area (TPSA) is 17.8 Å². The van der Waals surface area contributed by atoms with Crippen molar-refractivity contribution in [3.63, 3.8) is 0 Å². The summed E-state index contributed by atoms with van der Waals surface area (Å²) in [7, 11) is 0. The summed E-state index contributed by atoms with van der Waals surface area (Å²) in [5.74, 6) is 0. The van der Waals surface area contributed by atoms with Gasteiger partial charge in [0.15, 0.2) is 0 Å². The van der Waals surface area contributed by atoms with E-state index in [-0.39, 0.29) is 5.41 Å². The van der Waals surface area contributed by atoms with Gasteiger partial charge in [0.1, 0.15) is 0 Å². The number of nitrogens with zero attached hydrogens (tertiary/aromatic N) is 2. The molecule has 0 saturated carbocycles. The molecule has 2 heteroatoms. The number of hydrogen-bond donors (Lipinski definition) is 0. The van der Waals surface area contributed by atoms with Crippen LogP contribution in [-0.4, -0.2) is 9.55 Å². The first-order chi connectivity index (χ1) is 14.0. The van der Waals surface area contributed by atoms with Crippen molar-refractivity contribution in [2.45, 2.75) is 26.2 Å². The van der Waals surface area contributed by atoms with Crippen LogP contribution in [0.4, 0.5) is 0 Å². The van der Waals surface area contributed by atoms with Crippen molar-refractivity contribution < 1.29 is 0 Å². The molecule has 2 aromatic heterocycles. The fraction of sp³-hybridized carbons (Fsp3) is 0.148. The average Bonchev–Trinajstić information content (AvgIpc) is 3.08. The van der Waals surface area contributed by atoms with E-state index in [1.165, 1.54) is 38.6 Å². The fourth-order valence-corrected chi connectivity index (χ4v) is 4.01. The van der Waals surface area contributed by atoms with E-state index in [9.17, 15) is 0 Å². The highest BCUT2D eigenvalue weighted by Gasteiger charge is 2.15. The van der Waals surface area contributed by atoms with E-state index in [4.69, 9.17) is 0 Å². The number of para-hydroxylation sites is 2. The summed E-state index contributed by atoms with van der Waals surface area (Å²) < 4.78 is 2.35. The number of rotatable bonds is 2. The molecule has 0 N–H and O–H groups in total. The molecule has 0 spiro atoms. The third kappa shape index (κ3) is 3.01. The molecule has 0 atom stereocenters. The molecule has 142 valence electrons. The van der Waals surface area contributed by atoms with Gasteiger partial charge in [-0.05, 0) is 46.9 Å². The van der Waals surface area contributed by atoms with Gasteiger partial charge >= 0.3 is 0 Å². The van der Waals surface area contributed by atoms with E-state index < -0.39 is 0 Å². The third-order valence-electron chi connectivity index (χ3n) is 5.64. The normalized spacial score (nSPS) is 12.0. The highest BCUT2D eigenvalue weighted by Crippen LogP contribution is 2.33. The molecule has 0 radical (unpaired) electrons. The Bertz CT molecular complexity index is 1270. The largest absolute Gasteiger partial charge is 0.309 e. The summed E-state index contributed by atoms with van der Waals surface area (Å²) in [6.45, 7) is 6.66. The van der Waals surface area contributed by atoms with Crippen LogP contribution in [0.2, 0.25) is 0 Å². The van der Waals surface area contributed by atoms with Gasteiger partial charge in [-0.1, -0.05) is 69.3 Å². The highest BCUT2D eigenvalue weighted by atomic mass is 15.0. The lowest BCUT2D eigenvalue weighted by Crippen LogP contribution is -2.11. The molecule has 0 aliphatic heterocycles. The number of benzene rings is 3. The summed E-state index contributed by atoms with van der Waals surface area (Å²) in [6.07, 6.45) is 3.92. The Kier molecular flexibility index (Phi) is 4.02. The predicted molar refractivity (Wildman–Crippen MR) is 123 cm³/mol. The van der Waals surface area contributed by atoms with E-state index in [1.54, 1.807) is 0 Å². The Morgan fingerprint density at radius 1 is 0.655 bits per heavy atom. The molecule has 5 rings (SSSR count). The lowest BCUT2D eigenvalue weighted by atomic mass is 9.87. The highest BCUT2D eigenvalue weighted by molar-refractivity contribution is 6.09. The molecular formula is C27H24N2. The van der Waals surface area contributed by atoms with E-state index in [2.05, 4.69) is 109 Å². The van der Waals surface area contributed by atoms with Crippen molar-refractivity contribution in [2.75, 3.05) is 0 Å². The van der Waals surface area contributed by atoms with Gasteiger partial charge in [-0.15, -0.1) is 0 Å². The molecule has 0 saturated heterocycles. The number of hydrogen-bond acceptors (Lipinski definition) is 1. The van der Waals surface area contributed by atoms with Crippen molar-refractivity contribution in [3.8, 4) is 16.8 Å². The van der Waals surface area contributed by atoms with Gasteiger partial charge in [0.25, 0.3) is 0 Å². The monoisotopic (exact) mass is 376 g/mol. The molecule has 29 heavy (non-hydrogen) atoms. The van der Waals surface area contributed by atoms with Gasteiger partial charge in [0.2, 0.25) is 0 Å². The van der Waals surface area contributed by atoms with Gasteiger partial charge in [-0.2, -0.15) is 0 Å². The zero-order valence-corrected chi connectivity index (χ0v) is 17.1. The molecule has 2 nitrogen and oxygen atoms in total. The molecule has 3 aromatic carbocycles. The zero-order valence-electron chi connectivity index (χ0n) is 17.1. The number of fused-ring (bicyclic) bond motifs is 3. The first-order valence-electron chi connectivity index (χ1n) is 10.1. The van der Waals surface area contributed by atoms with Gasteiger partial charge < -0.3 is 4.57 Å². The first kappa shape index (κ1) is 17.7. The zero-order chi connectivity index (χ0) is 20.0. The molecule has 0 aliphatic rings. The van der Waals surface area contributed by atoms with Crippen LogP contribution in [0, 0.1) is 0 Å². The molecule has 0 amide bonds. The number of aromatic nitrogens is 2. The van der Waals surface area contributed by atoms with Crippen molar-refractivity contribution in [1.29, 1.82) is 0 Å². The van der Waals surface area contributed by atoms with Gasteiger partial charge in [0, 0.05) is 34.4 Å². The summed E-state index contributed by atoms with van der Waals surface area (Å²) in [6, 6.07) is 28.3. The van der Waals surface area contributed by atoms with E-state index in [0.717, 1.165) is 5.56 Å². The Morgan fingerprint density at radius 3 is 1.83 bits per heavy atom. The molecule has 0 bridgehead atoms. The molecule has 0 fully saturated rings. The summed E-state index contributed by atoms with van der Waals surface area (Å²) in [5, 5.41) is 2.57. The quantitative estimate of drug-likeness (QED) is 0.320. The van der Waals surface area contributed by atoms with Crippen LogP contribution in [0.3, 0.4) is 0 Å². The Hall–Kier alpha value is -3.39. The maximum Gasteiger partial charge on any atom is 0.0541 e. The SMILES string of the molecule is CC(C)(C)c1cncc(-c2ccc(-n3c4ccccc4c4ccccc43)cc2)c1. The second-order valence-electron chi connectivity index (χ2n) is 8.63. The smallest absolute Gasteiger partial charge is 0.0541 e. The van der Waals surface area contributed by atoms with Gasteiger partial charge in [0.05, 0.1) is 11.0 Å². The third-order valence-corrected chi connectivity index (χ3v) is 5.64. The van der Waals surface area contributed by atoms with Crippen LogP contribution >= 0.6 is 0 Å². The van der Waals surface area contributed by atoms with E-state index in [0.29, 0.717) is 0 Å². The van der Waals surface area contributed by atoms with Crippen LogP contribution in [0.15, 0.2) is 91.3 Å². The lowest BCUT2D eigenvalue weighted by Gasteiger charge is -2.19. The Labute approximate surface area is 171 Å². The van der Waals surface area contributed by atoms with Crippen LogP contribution < -0.4 is 0 Å². The Morgan fingerprint density at radius 2 is 1.24 bits per heavy atom. The lowest BCUT2D eigenvalue weighted by molar-refractivity contribution is 0.588. The minimum atomic E-state index is 0.0892. The molecule has 0 aliphatic carbocycles. The molecule has 0 unspecified atom stereocenters. The average molecular weight is 377 g/mol. The molecular weight excluding hydrogens is 352 g/mol. The van der Waals surface area contributed by atoms with Crippen molar-refractivity contribution in [1.82, 2.24) is 9.55 Å². The number of pyridine rings is 1. The minimum Gasteiger partial charge on any atom is -0.309 e. The van der Waals surface area contributed by atoms with Crippen molar-refractivity contribution >= 4 is 21.8 Å². The Balaban J connectivity index is 1.63. The van der Waals surface area contributed by atoms with E-state index >= 15 is 0 Å². The van der Waals surface area contributed by atoms with Crippen LogP contribution in [0.5, 0.6) is 0 Å². The van der Waals surface area contributed by atoms with E-state index in [1.807, 2.05) is 12.4 Å². The second kappa shape index (κ2) is 6.59. The maximum atomic E-state index is 4.48. The van der Waals surface area contributed by atoms with Gasteiger partial charge in [-0.3, -0.25) is 4.98 Å². The minimum absolute atomic E-state index is 0.0892. The summed E-state index contributed by atoms with van der Waals surface area (Å²) >= 11 is 0. The molecule has 2 heterocycles. The summed E-state index contributed by atoms with van der Waals surface area (Å²) in [5.41, 5.74) is 7.33. The second-order valence-corrected chi connectivity index (χ2v) is 8.63. The van der Waals surface area contributed by atoms with Crippen LogP contribution in [-0.2, 0) is 5.41 Å². The molecule has 5 aromatic rings. The van der Waals surface area contributed by atoms with Gasteiger partial charge in [-0.25, -0.2) is 0 Å². The first-order valence-corrected chi connectivity index (χ1v) is 10.1. The van der Waals surface area contributed by atoms with Crippen molar-refractivity contribution in [3.05, 3.63) is 96.8 Å². The van der Waals surface area contributed by atoms with Crippen LogP contribution in [0.25, 0.3) is 38.6 Å². The van der Waals surface area contributed by atoms with Crippen molar-refractivity contribution in [2.24, 2.45) is 0 Å². The summed E-state index contributed by atoms with van der Waals surface area (Å²) in [4.78, 5) is 4.48.